The Balaban J connectivity index is 1.63. The highest BCUT2D eigenvalue weighted by atomic mass is 35.5. The van der Waals surface area contributed by atoms with Crippen molar-refractivity contribution in [2.24, 2.45) is 0 Å². The molecule has 112 valence electrons. The molecule has 0 saturated heterocycles. The summed E-state index contributed by atoms with van der Waals surface area (Å²) in [6, 6.07) is 7.30. The first-order valence-electron chi connectivity index (χ1n) is 6.37. The van der Waals surface area contributed by atoms with Gasteiger partial charge in [-0.25, -0.2) is 15.0 Å². The predicted octanol–water partition coefficient (Wildman–Crippen LogP) is 3.78. The molecule has 1 amide bonds. The van der Waals surface area contributed by atoms with E-state index in [9.17, 15) is 4.79 Å². The van der Waals surface area contributed by atoms with E-state index in [4.69, 9.17) is 11.6 Å². The Labute approximate surface area is 140 Å². The Kier molecular flexibility index (Phi) is 4.56. The molecule has 0 spiro atoms. The second kappa shape index (κ2) is 6.60. The van der Waals surface area contributed by atoms with Gasteiger partial charge in [-0.2, -0.15) is 0 Å². The Morgan fingerprint density at radius 1 is 1.36 bits per heavy atom. The fourth-order valence-electron chi connectivity index (χ4n) is 1.76. The topological polar surface area (TPSA) is 67.8 Å². The van der Waals surface area contributed by atoms with Crippen LogP contribution in [0.2, 0.25) is 5.02 Å². The molecule has 0 aliphatic carbocycles. The minimum atomic E-state index is -0.119. The van der Waals surface area contributed by atoms with E-state index >= 15 is 0 Å². The number of aryl methyl sites for hydroxylation is 1. The van der Waals surface area contributed by atoms with Gasteiger partial charge in [0.05, 0.1) is 16.0 Å². The second-order valence-corrected chi connectivity index (χ2v) is 6.93. The number of aromatic nitrogens is 3. The van der Waals surface area contributed by atoms with Crippen LogP contribution in [0.3, 0.4) is 0 Å². The quantitative estimate of drug-likeness (QED) is 0.573. The van der Waals surface area contributed by atoms with E-state index in [1.54, 1.807) is 6.07 Å². The fourth-order valence-corrected chi connectivity index (χ4v) is 3.64. The molecule has 0 fully saturated rings. The molecule has 1 N–H and O–H groups in total. The third kappa shape index (κ3) is 3.73. The van der Waals surface area contributed by atoms with Crippen molar-refractivity contribution in [1.82, 2.24) is 15.0 Å². The monoisotopic (exact) mass is 350 g/mol. The Bertz CT molecular complexity index is 837. The van der Waals surface area contributed by atoms with Crippen molar-refractivity contribution in [3.63, 3.8) is 0 Å². The summed E-state index contributed by atoms with van der Waals surface area (Å²) < 4.78 is 0.946. The first kappa shape index (κ1) is 15.2. The molecule has 8 heteroatoms. The summed E-state index contributed by atoms with van der Waals surface area (Å²) in [6.45, 7) is 1.89. The summed E-state index contributed by atoms with van der Waals surface area (Å²) in [4.78, 5) is 24.5. The average Bonchev–Trinajstić information content (AvgIpc) is 2.86. The van der Waals surface area contributed by atoms with E-state index < -0.39 is 0 Å². The van der Waals surface area contributed by atoms with Crippen LogP contribution in [0.4, 0.5) is 5.13 Å². The molecule has 0 saturated carbocycles. The fraction of sp³-hybridized carbons (Fsp3) is 0.143. The zero-order valence-electron chi connectivity index (χ0n) is 11.5. The maximum absolute atomic E-state index is 12.0. The van der Waals surface area contributed by atoms with Crippen molar-refractivity contribution in [3.05, 3.63) is 41.3 Å². The highest BCUT2D eigenvalue weighted by Crippen LogP contribution is 2.28. The number of hydrogen-bond acceptors (Lipinski definition) is 6. The lowest BCUT2D eigenvalue weighted by molar-refractivity contribution is -0.113. The number of thioether (sulfide) groups is 1. The van der Waals surface area contributed by atoms with E-state index in [-0.39, 0.29) is 11.7 Å². The van der Waals surface area contributed by atoms with Crippen molar-refractivity contribution in [2.45, 2.75) is 11.9 Å². The SMILES string of the molecule is Cc1cc(SCC(=O)Nc2nc3ccc(Cl)cc3s2)ncn1. The lowest BCUT2D eigenvalue weighted by Crippen LogP contribution is -2.13. The van der Waals surface area contributed by atoms with E-state index in [2.05, 4.69) is 20.3 Å². The molecular formula is C14H11ClN4OS2. The summed E-state index contributed by atoms with van der Waals surface area (Å²) in [5.74, 6) is 0.152. The number of carbonyl (C=O) groups excluding carboxylic acids is 1. The number of anilines is 1. The number of amides is 1. The molecular weight excluding hydrogens is 340 g/mol. The smallest absolute Gasteiger partial charge is 0.236 e. The molecule has 5 nitrogen and oxygen atoms in total. The highest BCUT2D eigenvalue weighted by molar-refractivity contribution is 7.99. The number of hydrogen-bond donors (Lipinski definition) is 1. The number of fused-ring (bicyclic) bond motifs is 1. The van der Waals surface area contributed by atoms with Gasteiger partial charge in [0, 0.05) is 10.7 Å². The van der Waals surface area contributed by atoms with E-state index in [0.29, 0.717) is 10.2 Å². The number of rotatable bonds is 4. The average molecular weight is 351 g/mol. The summed E-state index contributed by atoms with van der Waals surface area (Å²) >= 11 is 8.71. The van der Waals surface area contributed by atoms with Crippen LogP contribution in [0, 0.1) is 6.92 Å². The number of nitrogens with one attached hydrogen (secondary N) is 1. The van der Waals surface area contributed by atoms with Gasteiger partial charge in [0.1, 0.15) is 11.4 Å². The summed E-state index contributed by atoms with van der Waals surface area (Å²) in [5.41, 5.74) is 1.70. The normalized spacial score (nSPS) is 10.8. The molecule has 0 radical (unpaired) electrons. The molecule has 0 bridgehead atoms. The molecule has 2 heterocycles. The van der Waals surface area contributed by atoms with Crippen LogP contribution < -0.4 is 5.32 Å². The Morgan fingerprint density at radius 3 is 3.05 bits per heavy atom. The first-order valence-corrected chi connectivity index (χ1v) is 8.55. The lowest BCUT2D eigenvalue weighted by Gasteiger charge is -2.01. The summed E-state index contributed by atoms with van der Waals surface area (Å²) in [7, 11) is 0. The van der Waals surface area contributed by atoms with Gasteiger partial charge in [0.2, 0.25) is 5.91 Å². The molecule has 1 aromatic carbocycles. The number of benzene rings is 1. The van der Waals surface area contributed by atoms with Crippen LogP contribution in [-0.2, 0) is 4.79 Å². The maximum Gasteiger partial charge on any atom is 0.236 e. The van der Waals surface area contributed by atoms with Crippen LogP contribution in [0.15, 0.2) is 35.6 Å². The van der Waals surface area contributed by atoms with Gasteiger partial charge in [-0.15, -0.1) is 0 Å². The van der Waals surface area contributed by atoms with Crippen LogP contribution in [0.25, 0.3) is 10.2 Å². The zero-order chi connectivity index (χ0) is 15.5. The number of carbonyl (C=O) groups is 1. The first-order chi connectivity index (χ1) is 10.6. The van der Waals surface area contributed by atoms with E-state index in [1.165, 1.54) is 29.4 Å². The van der Waals surface area contributed by atoms with Crippen molar-refractivity contribution in [2.75, 3.05) is 11.1 Å². The van der Waals surface area contributed by atoms with Crippen LogP contribution in [-0.4, -0.2) is 26.6 Å². The van der Waals surface area contributed by atoms with Gasteiger partial charge >= 0.3 is 0 Å². The lowest BCUT2D eigenvalue weighted by atomic mass is 10.3. The minimum Gasteiger partial charge on any atom is -0.301 e. The van der Waals surface area contributed by atoms with Crippen LogP contribution >= 0.6 is 34.7 Å². The molecule has 0 atom stereocenters. The van der Waals surface area contributed by atoms with E-state index in [1.807, 2.05) is 25.1 Å². The van der Waals surface area contributed by atoms with Crippen molar-refractivity contribution in [3.8, 4) is 0 Å². The molecule has 0 aliphatic heterocycles. The van der Waals surface area contributed by atoms with Gasteiger partial charge in [0.25, 0.3) is 0 Å². The van der Waals surface area contributed by atoms with Gasteiger partial charge in [-0.3, -0.25) is 4.79 Å². The largest absolute Gasteiger partial charge is 0.301 e. The van der Waals surface area contributed by atoms with Gasteiger partial charge in [-0.1, -0.05) is 34.7 Å². The maximum atomic E-state index is 12.0. The second-order valence-electron chi connectivity index (χ2n) is 4.47. The third-order valence-electron chi connectivity index (χ3n) is 2.73. The number of nitrogens with zero attached hydrogens (tertiary/aromatic N) is 3. The van der Waals surface area contributed by atoms with Gasteiger partial charge < -0.3 is 5.32 Å². The molecule has 2 aromatic heterocycles. The number of thiazole rings is 1. The third-order valence-corrected chi connectivity index (χ3v) is 4.82. The molecule has 0 aliphatic rings. The van der Waals surface area contributed by atoms with E-state index in [0.717, 1.165) is 20.9 Å². The van der Waals surface area contributed by atoms with Crippen molar-refractivity contribution >= 4 is 56.0 Å². The molecule has 22 heavy (non-hydrogen) atoms. The van der Waals surface area contributed by atoms with Gasteiger partial charge in [-0.05, 0) is 31.2 Å². The summed E-state index contributed by atoms with van der Waals surface area (Å²) in [6.07, 6.45) is 1.49. The predicted molar refractivity (Wildman–Crippen MR) is 90.8 cm³/mol. The molecule has 3 aromatic rings. The van der Waals surface area contributed by atoms with Crippen LogP contribution in [0.5, 0.6) is 0 Å². The van der Waals surface area contributed by atoms with Crippen LogP contribution in [0.1, 0.15) is 5.69 Å². The van der Waals surface area contributed by atoms with Crippen molar-refractivity contribution in [1.29, 1.82) is 0 Å². The molecule has 3 rings (SSSR count). The zero-order valence-corrected chi connectivity index (χ0v) is 13.9. The summed E-state index contributed by atoms with van der Waals surface area (Å²) in [5, 5.41) is 4.80. The Hall–Kier alpha value is -1.70. The highest BCUT2D eigenvalue weighted by Gasteiger charge is 2.09. The minimum absolute atomic E-state index is 0.119. The molecule has 0 unspecified atom stereocenters. The number of halogens is 1. The Morgan fingerprint density at radius 2 is 2.23 bits per heavy atom. The van der Waals surface area contributed by atoms with Crippen molar-refractivity contribution < 1.29 is 4.79 Å². The van der Waals surface area contributed by atoms with Gasteiger partial charge in [0.15, 0.2) is 5.13 Å². The standard InChI is InChI=1S/C14H11ClN4OS2/c1-8-4-13(17-7-16-8)21-6-12(20)19-14-18-10-3-2-9(15)5-11(10)22-14/h2-5,7H,6H2,1H3,(H,18,19,20).